The van der Waals surface area contributed by atoms with E-state index in [-0.39, 0.29) is 16.7 Å². The minimum Gasteiger partial charge on any atom is -0.457 e. The average molecular weight is 488 g/mol. The van der Waals surface area contributed by atoms with E-state index in [0.717, 1.165) is 46.8 Å². The molecule has 0 aliphatic carbocycles. The molecule has 2 aromatic heterocycles. The van der Waals surface area contributed by atoms with Crippen LogP contribution in [-0.4, -0.2) is 54.1 Å². The first-order chi connectivity index (χ1) is 16.9. The maximum Gasteiger partial charge on any atom is 0.232 e. The molecule has 1 amide bonds. The predicted octanol–water partition coefficient (Wildman–Crippen LogP) is 5.59. The minimum absolute atomic E-state index is 0.0699. The maximum atomic E-state index is 12.8. The Labute approximate surface area is 209 Å². The molecule has 1 fully saturated rings. The summed E-state index contributed by atoms with van der Waals surface area (Å²) < 4.78 is 7.98. The van der Waals surface area contributed by atoms with Gasteiger partial charge in [-0.25, -0.2) is 14.6 Å². The topological polar surface area (TPSA) is 73.1 Å². The number of carbonyl (C=O) groups is 1. The number of hydrogen-bond acceptors (Lipinski definition) is 6. The first-order valence-electron chi connectivity index (χ1n) is 11.8. The summed E-state index contributed by atoms with van der Waals surface area (Å²) >= 11 is 1.69. The van der Waals surface area contributed by atoms with Crippen LogP contribution in [0.4, 0.5) is 0 Å². The van der Waals surface area contributed by atoms with Crippen LogP contribution in [0.25, 0.3) is 22.3 Å². The zero-order chi connectivity index (χ0) is 24.4. The molecule has 0 N–H and O–H groups in total. The van der Waals surface area contributed by atoms with Crippen LogP contribution in [0, 0.1) is 0 Å². The van der Waals surface area contributed by atoms with Crippen molar-refractivity contribution >= 4 is 28.7 Å². The molecule has 180 valence electrons. The Balaban J connectivity index is 1.36. The molecule has 0 spiro atoms. The molecule has 1 saturated heterocycles. The summed E-state index contributed by atoms with van der Waals surface area (Å²) in [6.45, 7) is 7.79. The molecular formula is C27H29N5O2S. The third kappa shape index (κ3) is 5.32. The molecule has 35 heavy (non-hydrogen) atoms. The molecule has 8 heteroatoms. The van der Waals surface area contributed by atoms with Gasteiger partial charge in [-0.3, -0.25) is 4.79 Å². The number of nitrogens with zero attached hydrogens (tertiary/aromatic N) is 5. The fourth-order valence-electron chi connectivity index (χ4n) is 4.19. The van der Waals surface area contributed by atoms with Gasteiger partial charge in [0.05, 0.1) is 17.2 Å². The lowest BCUT2D eigenvalue weighted by atomic mass is 10.1. The van der Waals surface area contributed by atoms with Gasteiger partial charge in [0.15, 0.2) is 5.65 Å². The lowest BCUT2D eigenvalue weighted by molar-refractivity contribution is -0.127. The monoisotopic (exact) mass is 487 g/mol. The van der Waals surface area contributed by atoms with Gasteiger partial charge < -0.3 is 9.64 Å². The molecule has 5 rings (SSSR count). The van der Waals surface area contributed by atoms with Gasteiger partial charge in [0.25, 0.3) is 0 Å². The predicted molar refractivity (Wildman–Crippen MR) is 140 cm³/mol. The number of benzene rings is 2. The van der Waals surface area contributed by atoms with Gasteiger partial charge in [-0.05, 0) is 42.8 Å². The van der Waals surface area contributed by atoms with Crippen molar-refractivity contribution in [3.8, 4) is 22.8 Å². The third-order valence-electron chi connectivity index (χ3n) is 5.97. The van der Waals surface area contributed by atoms with Crippen LogP contribution >= 0.6 is 11.8 Å². The summed E-state index contributed by atoms with van der Waals surface area (Å²) in [4.78, 5) is 23.5. The Bertz CT molecular complexity index is 1320. The van der Waals surface area contributed by atoms with Crippen LogP contribution in [0.5, 0.6) is 11.5 Å². The number of likely N-dealkylation sites (tertiary alicyclic amines) is 1. The van der Waals surface area contributed by atoms with Crippen molar-refractivity contribution in [2.45, 2.75) is 38.0 Å². The van der Waals surface area contributed by atoms with Crippen molar-refractivity contribution in [1.82, 2.24) is 24.6 Å². The van der Waals surface area contributed by atoms with Crippen LogP contribution in [-0.2, 0) is 4.79 Å². The zero-order valence-electron chi connectivity index (χ0n) is 20.2. The Kier molecular flexibility index (Phi) is 6.47. The van der Waals surface area contributed by atoms with Crippen molar-refractivity contribution in [2.75, 3.05) is 18.8 Å². The number of fused-ring (bicyclic) bond motifs is 1. The number of para-hydroxylation sites is 1. The molecule has 4 aromatic rings. The van der Waals surface area contributed by atoms with Crippen LogP contribution in [0.1, 0.15) is 33.2 Å². The Morgan fingerprint density at radius 2 is 1.83 bits per heavy atom. The molecule has 1 aliphatic rings. The number of thioether (sulfide) groups is 1. The highest BCUT2D eigenvalue weighted by Crippen LogP contribution is 2.33. The van der Waals surface area contributed by atoms with E-state index in [9.17, 15) is 4.79 Å². The summed E-state index contributed by atoms with van der Waals surface area (Å²) in [7, 11) is 0. The Hall–Kier alpha value is -3.39. The van der Waals surface area contributed by atoms with Crippen LogP contribution in [0.15, 0.2) is 67.1 Å². The van der Waals surface area contributed by atoms with Gasteiger partial charge in [0, 0.05) is 29.6 Å². The van der Waals surface area contributed by atoms with Gasteiger partial charge in [-0.1, -0.05) is 39.0 Å². The number of aromatic nitrogens is 4. The summed E-state index contributed by atoms with van der Waals surface area (Å²) in [5.74, 6) is 2.25. The molecule has 0 unspecified atom stereocenters. The van der Waals surface area contributed by atoms with Crippen molar-refractivity contribution < 1.29 is 9.53 Å². The molecule has 0 bridgehead atoms. The first-order valence-corrected chi connectivity index (χ1v) is 12.8. The van der Waals surface area contributed by atoms with Crippen molar-refractivity contribution in [1.29, 1.82) is 0 Å². The highest BCUT2D eigenvalue weighted by atomic mass is 32.2. The van der Waals surface area contributed by atoms with E-state index >= 15 is 0 Å². The molecule has 0 saturated carbocycles. The summed E-state index contributed by atoms with van der Waals surface area (Å²) in [6, 6.07) is 17.7. The molecule has 2 aromatic carbocycles. The number of amides is 1. The van der Waals surface area contributed by atoms with E-state index in [1.54, 1.807) is 18.1 Å². The molecule has 0 radical (unpaired) electrons. The van der Waals surface area contributed by atoms with Crippen LogP contribution < -0.4 is 4.74 Å². The molecule has 1 aliphatic heterocycles. The number of rotatable bonds is 6. The fourth-order valence-corrected chi connectivity index (χ4v) is 4.93. The minimum atomic E-state index is 0.0699. The normalized spacial score (nSPS) is 16.1. The SMILES string of the molecule is CC(C)(C)SCC(=O)N1CC[C@@H](n2nc(-c3ccc(Oc4ccccc4)cc3)c3cncnc32)C1. The number of carbonyl (C=O) groups excluding carboxylic acids is 1. The standard InChI is InChI=1S/C27H29N5O2S/c1-27(2,3)35-17-24(33)31-14-13-20(16-31)32-26-23(15-28-18-29-26)25(30-32)19-9-11-22(12-10-19)34-21-7-5-4-6-8-21/h4-12,15,18,20H,13-14,16-17H2,1-3H3/t20-/m1/s1. The first kappa shape index (κ1) is 23.4. The van der Waals surface area contributed by atoms with Gasteiger partial charge in [-0.15, -0.1) is 11.8 Å². The highest BCUT2D eigenvalue weighted by molar-refractivity contribution is 8.01. The van der Waals surface area contributed by atoms with Gasteiger partial charge in [0.1, 0.15) is 23.5 Å². The molecule has 7 nitrogen and oxygen atoms in total. The Morgan fingerprint density at radius 3 is 2.57 bits per heavy atom. The lowest BCUT2D eigenvalue weighted by Crippen LogP contribution is -2.31. The molecular weight excluding hydrogens is 458 g/mol. The van der Waals surface area contributed by atoms with E-state index in [1.807, 2.05) is 70.4 Å². The number of hydrogen-bond donors (Lipinski definition) is 0. The lowest BCUT2D eigenvalue weighted by Gasteiger charge is -2.21. The third-order valence-corrected chi connectivity index (χ3v) is 7.23. The highest BCUT2D eigenvalue weighted by Gasteiger charge is 2.30. The van der Waals surface area contributed by atoms with E-state index in [2.05, 4.69) is 30.7 Å². The van der Waals surface area contributed by atoms with E-state index in [0.29, 0.717) is 12.3 Å². The quantitative estimate of drug-likeness (QED) is 0.353. The summed E-state index contributed by atoms with van der Waals surface area (Å²) in [5.41, 5.74) is 2.60. The smallest absolute Gasteiger partial charge is 0.232 e. The summed E-state index contributed by atoms with van der Waals surface area (Å²) in [6.07, 6.45) is 4.22. The van der Waals surface area contributed by atoms with E-state index in [1.165, 1.54) is 0 Å². The number of ether oxygens (including phenoxy) is 1. The molecule has 3 heterocycles. The van der Waals surface area contributed by atoms with E-state index in [4.69, 9.17) is 9.84 Å². The van der Waals surface area contributed by atoms with Gasteiger partial charge >= 0.3 is 0 Å². The maximum absolute atomic E-state index is 12.8. The van der Waals surface area contributed by atoms with E-state index < -0.39 is 0 Å². The Morgan fingerprint density at radius 1 is 1.09 bits per heavy atom. The fraction of sp³-hybridized carbons (Fsp3) is 0.333. The van der Waals surface area contributed by atoms with Crippen molar-refractivity contribution in [3.63, 3.8) is 0 Å². The molecule has 1 atom stereocenters. The van der Waals surface area contributed by atoms with Crippen LogP contribution in [0.2, 0.25) is 0 Å². The zero-order valence-corrected chi connectivity index (χ0v) is 21.0. The van der Waals surface area contributed by atoms with Gasteiger partial charge in [0.2, 0.25) is 5.91 Å². The second-order valence-electron chi connectivity index (χ2n) is 9.68. The summed E-state index contributed by atoms with van der Waals surface area (Å²) in [5, 5.41) is 5.86. The largest absolute Gasteiger partial charge is 0.457 e. The second-order valence-corrected chi connectivity index (χ2v) is 11.5. The van der Waals surface area contributed by atoms with Gasteiger partial charge in [-0.2, -0.15) is 5.10 Å². The van der Waals surface area contributed by atoms with Crippen LogP contribution in [0.3, 0.4) is 0 Å². The van der Waals surface area contributed by atoms with Crippen molar-refractivity contribution in [2.24, 2.45) is 0 Å². The van der Waals surface area contributed by atoms with Crippen molar-refractivity contribution in [3.05, 3.63) is 67.1 Å². The average Bonchev–Trinajstić information content (AvgIpc) is 3.49. The second kappa shape index (κ2) is 9.70.